The third-order valence-corrected chi connectivity index (χ3v) is 7.05. The third kappa shape index (κ3) is 6.27. The van der Waals surface area contributed by atoms with E-state index in [1.165, 1.54) is 30.3 Å². The molecule has 4 rings (SSSR count). The minimum atomic E-state index is -1.06. The Morgan fingerprint density at radius 2 is 1.90 bits per heavy atom. The highest BCUT2D eigenvalue weighted by Gasteiger charge is 2.36. The van der Waals surface area contributed by atoms with E-state index in [9.17, 15) is 29.1 Å². The van der Waals surface area contributed by atoms with Crippen molar-refractivity contribution in [2.45, 2.75) is 20.3 Å². The fraction of sp³-hybridized carbons (Fsp3) is 0.179. The van der Waals surface area contributed by atoms with Crippen LogP contribution in [0, 0.1) is 6.92 Å². The number of carbonyl (C=O) groups is 5. The molecule has 3 amide bonds. The van der Waals surface area contributed by atoms with Gasteiger partial charge in [0.1, 0.15) is 18.1 Å². The summed E-state index contributed by atoms with van der Waals surface area (Å²) in [4.78, 5) is 62.5. The number of nitrogens with one attached hydrogen (secondary N) is 1. The lowest BCUT2D eigenvalue weighted by Crippen LogP contribution is -2.36. The maximum absolute atomic E-state index is 12.9. The second kappa shape index (κ2) is 12.2. The fourth-order valence-corrected chi connectivity index (χ4v) is 4.86. The summed E-state index contributed by atoms with van der Waals surface area (Å²) in [7, 11) is 0. The molecule has 12 heteroatoms. The molecular weight excluding hydrogens is 560 g/mol. The SMILES string of the molecule is CCCOC(=O)c1cc(NC(=O)CN2C(=O)S/C(=C\c3ccc(-c4cccc(C(=O)O)c4C)o3)C2=O)ccc1Cl. The molecule has 0 radical (unpaired) electrons. The van der Waals surface area contributed by atoms with E-state index >= 15 is 0 Å². The monoisotopic (exact) mass is 582 g/mol. The molecule has 2 heterocycles. The number of esters is 1. The highest BCUT2D eigenvalue weighted by molar-refractivity contribution is 8.18. The van der Waals surface area contributed by atoms with Gasteiger partial charge in [0.25, 0.3) is 11.1 Å². The minimum Gasteiger partial charge on any atom is -0.478 e. The molecule has 0 atom stereocenters. The number of ether oxygens (including phenoxy) is 1. The zero-order valence-electron chi connectivity index (χ0n) is 21.4. The highest BCUT2D eigenvalue weighted by Crippen LogP contribution is 2.34. The number of imide groups is 1. The van der Waals surface area contributed by atoms with Crippen molar-refractivity contribution < 1.29 is 38.2 Å². The molecule has 0 unspecified atom stereocenters. The molecule has 2 aromatic carbocycles. The van der Waals surface area contributed by atoms with Gasteiger partial charge in [-0.15, -0.1) is 0 Å². The summed E-state index contributed by atoms with van der Waals surface area (Å²) in [6.45, 7) is 3.18. The van der Waals surface area contributed by atoms with E-state index in [2.05, 4.69) is 5.32 Å². The molecule has 0 saturated carbocycles. The van der Waals surface area contributed by atoms with E-state index in [4.69, 9.17) is 20.8 Å². The van der Waals surface area contributed by atoms with Gasteiger partial charge in [-0.3, -0.25) is 19.3 Å². The van der Waals surface area contributed by atoms with Crippen molar-refractivity contribution in [3.05, 3.63) is 80.9 Å². The average Bonchev–Trinajstić information content (AvgIpc) is 3.48. The Bertz CT molecular complexity index is 1560. The number of carboxylic acid groups (broad SMARTS) is 1. The van der Waals surface area contributed by atoms with Crippen molar-refractivity contribution in [2.75, 3.05) is 18.5 Å². The van der Waals surface area contributed by atoms with Crippen LogP contribution in [0.2, 0.25) is 5.02 Å². The van der Waals surface area contributed by atoms with Gasteiger partial charge in [0.15, 0.2) is 0 Å². The van der Waals surface area contributed by atoms with Crippen LogP contribution in [-0.4, -0.2) is 52.2 Å². The minimum absolute atomic E-state index is 0.0576. The lowest BCUT2D eigenvalue weighted by Gasteiger charge is -2.13. The van der Waals surface area contributed by atoms with Crippen molar-refractivity contribution in [1.82, 2.24) is 4.90 Å². The van der Waals surface area contributed by atoms with Crippen LogP contribution in [-0.2, 0) is 14.3 Å². The van der Waals surface area contributed by atoms with E-state index in [1.54, 1.807) is 31.2 Å². The molecule has 206 valence electrons. The second-order valence-corrected chi connectivity index (χ2v) is 10.0. The van der Waals surface area contributed by atoms with Crippen molar-refractivity contribution in [3.8, 4) is 11.3 Å². The first-order valence-corrected chi connectivity index (χ1v) is 13.2. The third-order valence-electron chi connectivity index (χ3n) is 5.81. The first-order valence-electron chi connectivity index (χ1n) is 12.0. The molecule has 1 saturated heterocycles. The molecule has 0 spiro atoms. The summed E-state index contributed by atoms with van der Waals surface area (Å²) in [5.41, 5.74) is 1.55. The Hall–Kier alpha value is -4.35. The maximum Gasteiger partial charge on any atom is 0.339 e. The topological polar surface area (TPSA) is 143 Å². The zero-order chi connectivity index (χ0) is 29.0. The molecule has 1 aliphatic rings. The largest absolute Gasteiger partial charge is 0.478 e. The number of benzene rings is 2. The van der Waals surface area contributed by atoms with Crippen LogP contribution in [0.25, 0.3) is 17.4 Å². The predicted molar refractivity (Wildman–Crippen MR) is 149 cm³/mol. The number of carboxylic acids is 1. The van der Waals surface area contributed by atoms with Gasteiger partial charge in [0, 0.05) is 17.3 Å². The fourth-order valence-electron chi connectivity index (χ4n) is 3.85. The van der Waals surface area contributed by atoms with Gasteiger partial charge in [-0.2, -0.15) is 0 Å². The Kier molecular flexibility index (Phi) is 8.76. The number of anilines is 1. The predicted octanol–water partition coefficient (Wildman–Crippen LogP) is 5.85. The number of furan rings is 1. The standard InChI is InChI=1S/C28H23ClN2O8S/c1-3-11-38-27(36)20-12-16(7-9-21(20)29)30-24(32)14-31-25(33)23(40-28(31)37)13-17-8-10-22(39-17)18-5-4-6-19(15(18)2)26(34)35/h4-10,12-13H,3,11,14H2,1-2H3,(H,30,32)(H,34,35)/b23-13-. The van der Waals surface area contributed by atoms with Crippen molar-refractivity contribution in [1.29, 1.82) is 0 Å². The van der Waals surface area contributed by atoms with Gasteiger partial charge < -0.3 is 19.6 Å². The molecule has 10 nitrogen and oxygen atoms in total. The van der Waals surface area contributed by atoms with Crippen molar-refractivity contribution >= 4 is 64.1 Å². The highest BCUT2D eigenvalue weighted by atomic mass is 35.5. The molecule has 1 aliphatic heterocycles. The molecule has 1 aromatic heterocycles. The van der Waals surface area contributed by atoms with Gasteiger partial charge in [0.2, 0.25) is 5.91 Å². The number of amides is 3. The van der Waals surface area contributed by atoms with Crippen LogP contribution in [0.3, 0.4) is 0 Å². The molecule has 2 N–H and O–H groups in total. The molecule has 40 heavy (non-hydrogen) atoms. The average molecular weight is 583 g/mol. The van der Waals surface area contributed by atoms with Crippen LogP contribution < -0.4 is 5.32 Å². The van der Waals surface area contributed by atoms with E-state index in [0.29, 0.717) is 35.1 Å². The number of thioether (sulfide) groups is 1. The van der Waals surface area contributed by atoms with Crippen molar-refractivity contribution in [2.24, 2.45) is 0 Å². The Morgan fingerprint density at radius 1 is 1.12 bits per heavy atom. The summed E-state index contributed by atoms with van der Waals surface area (Å²) in [5.74, 6) is -2.36. The van der Waals surface area contributed by atoms with E-state index < -0.39 is 35.5 Å². The van der Waals surface area contributed by atoms with Crippen LogP contribution in [0.4, 0.5) is 10.5 Å². The number of hydrogen-bond acceptors (Lipinski definition) is 8. The first-order chi connectivity index (χ1) is 19.1. The van der Waals surface area contributed by atoms with E-state index in [1.807, 2.05) is 6.92 Å². The number of nitrogens with zero attached hydrogens (tertiary/aromatic N) is 1. The van der Waals surface area contributed by atoms with Gasteiger partial charge in [-0.25, -0.2) is 9.59 Å². The Morgan fingerprint density at radius 3 is 2.62 bits per heavy atom. The van der Waals surface area contributed by atoms with Crippen LogP contribution in [0.5, 0.6) is 0 Å². The molecule has 1 fully saturated rings. The van der Waals surface area contributed by atoms with Gasteiger partial charge in [-0.05, 0) is 67.1 Å². The van der Waals surface area contributed by atoms with Crippen LogP contribution >= 0.6 is 23.4 Å². The van der Waals surface area contributed by atoms with E-state index in [0.717, 1.165) is 4.90 Å². The summed E-state index contributed by atoms with van der Waals surface area (Å²) in [5, 5.41) is 11.4. The van der Waals surface area contributed by atoms with Crippen molar-refractivity contribution in [3.63, 3.8) is 0 Å². The molecule has 3 aromatic rings. The smallest absolute Gasteiger partial charge is 0.339 e. The molecule has 0 bridgehead atoms. The second-order valence-electron chi connectivity index (χ2n) is 8.63. The maximum atomic E-state index is 12.9. The number of halogens is 1. The molecular formula is C28H23ClN2O8S. The zero-order valence-corrected chi connectivity index (χ0v) is 22.9. The van der Waals surface area contributed by atoms with Gasteiger partial charge in [0.05, 0.1) is 27.7 Å². The summed E-state index contributed by atoms with van der Waals surface area (Å²) in [6.07, 6.45) is 2.02. The lowest BCUT2D eigenvalue weighted by molar-refractivity contribution is -0.127. The van der Waals surface area contributed by atoms with E-state index in [-0.39, 0.29) is 39.1 Å². The van der Waals surface area contributed by atoms with Gasteiger partial charge >= 0.3 is 11.9 Å². The summed E-state index contributed by atoms with van der Waals surface area (Å²) < 4.78 is 10.9. The van der Waals surface area contributed by atoms with Gasteiger partial charge in [-0.1, -0.05) is 30.7 Å². The Balaban J connectivity index is 1.45. The lowest BCUT2D eigenvalue weighted by atomic mass is 10.0. The quantitative estimate of drug-likeness (QED) is 0.234. The number of carbonyl (C=O) groups excluding carboxylic acids is 4. The normalized spacial score (nSPS) is 14.1. The number of hydrogen-bond donors (Lipinski definition) is 2. The first kappa shape index (κ1) is 28.7. The number of rotatable bonds is 9. The summed E-state index contributed by atoms with van der Waals surface area (Å²) >= 11 is 6.73. The summed E-state index contributed by atoms with van der Waals surface area (Å²) in [6, 6.07) is 12.3. The molecule has 0 aliphatic carbocycles. The van der Waals surface area contributed by atoms with Crippen LogP contribution in [0.1, 0.15) is 45.4 Å². The van der Waals surface area contributed by atoms with Crippen LogP contribution in [0.15, 0.2) is 57.9 Å². The number of aromatic carboxylic acids is 1. The Labute approximate surface area is 237 Å².